The first-order valence-corrected chi connectivity index (χ1v) is 6.40. The lowest BCUT2D eigenvalue weighted by atomic mass is 10.4. The highest BCUT2D eigenvalue weighted by molar-refractivity contribution is 7.57. The van der Waals surface area contributed by atoms with Crippen molar-refractivity contribution in [3.05, 3.63) is 11.8 Å². The van der Waals surface area contributed by atoms with Gasteiger partial charge in [0.15, 0.2) is 0 Å². The number of carbonyl (C=O) groups excluding carboxylic acids is 1. The smallest absolute Gasteiger partial charge is 0.223 e. The fraction of sp³-hybridized carbons (Fsp3) is 0.625. The van der Waals surface area contributed by atoms with Gasteiger partial charge in [0.2, 0.25) is 13.3 Å². The van der Waals surface area contributed by atoms with E-state index in [2.05, 4.69) is 5.32 Å². The standard InChI is InChI=1S/C8H16NO3P/c1-4-8(10)9-7(2)5-6-13(3,11)12/h5H,4,6H2,1-3H3,(H,9,10)(H,11,12)/b7-5-. The quantitative estimate of drug-likeness (QED) is 0.680. The summed E-state index contributed by atoms with van der Waals surface area (Å²) in [5, 5.41) is 2.59. The molecule has 76 valence electrons. The highest BCUT2D eigenvalue weighted by Gasteiger charge is 2.06. The van der Waals surface area contributed by atoms with Gasteiger partial charge in [0.1, 0.15) is 0 Å². The third kappa shape index (κ3) is 7.75. The number of hydrogen-bond acceptors (Lipinski definition) is 2. The van der Waals surface area contributed by atoms with Crippen LogP contribution in [-0.2, 0) is 9.36 Å². The first-order valence-electron chi connectivity index (χ1n) is 4.11. The molecule has 0 aromatic rings. The van der Waals surface area contributed by atoms with E-state index in [9.17, 15) is 9.36 Å². The molecule has 2 N–H and O–H groups in total. The second kappa shape index (κ2) is 5.20. The van der Waals surface area contributed by atoms with Gasteiger partial charge in [-0.3, -0.25) is 9.36 Å². The Hall–Kier alpha value is -0.600. The maximum atomic E-state index is 10.9. The molecule has 0 aliphatic heterocycles. The molecule has 0 bridgehead atoms. The number of nitrogens with one attached hydrogen (secondary N) is 1. The van der Waals surface area contributed by atoms with E-state index in [-0.39, 0.29) is 12.1 Å². The molecule has 1 amide bonds. The predicted molar refractivity (Wildman–Crippen MR) is 52.8 cm³/mol. The Morgan fingerprint density at radius 2 is 2.15 bits per heavy atom. The average molecular weight is 205 g/mol. The molecule has 1 unspecified atom stereocenters. The minimum Gasteiger partial charge on any atom is -0.344 e. The Morgan fingerprint density at radius 3 is 2.54 bits per heavy atom. The fourth-order valence-corrected chi connectivity index (χ4v) is 1.28. The first kappa shape index (κ1) is 12.4. The molecule has 0 saturated heterocycles. The molecule has 13 heavy (non-hydrogen) atoms. The lowest BCUT2D eigenvalue weighted by Gasteiger charge is -2.04. The van der Waals surface area contributed by atoms with Gasteiger partial charge >= 0.3 is 0 Å². The molecule has 5 heteroatoms. The first-order chi connectivity index (χ1) is 5.85. The Kier molecular flexibility index (Phi) is 4.96. The monoisotopic (exact) mass is 205 g/mol. The van der Waals surface area contributed by atoms with Crippen LogP contribution in [0.2, 0.25) is 0 Å². The van der Waals surface area contributed by atoms with E-state index in [1.54, 1.807) is 19.9 Å². The van der Waals surface area contributed by atoms with Gasteiger partial charge in [-0.15, -0.1) is 0 Å². The van der Waals surface area contributed by atoms with Crippen LogP contribution in [0.4, 0.5) is 0 Å². The van der Waals surface area contributed by atoms with Crippen LogP contribution in [0.25, 0.3) is 0 Å². The van der Waals surface area contributed by atoms with Crippen LogP contribution in [0.3, 0.4) is 0 Å². The van der Waals surface area contributed by atoms with Crippen LogP contribution in [0, 0.1) is 0 Å². The summed E-state index contributed by atoms with van der Waals surface area (Å²) in [6, 6.07) is 0. The van der Waals surface area contributed by atoms with Crippen molar-refractivity contribution in [3.8, 4) is 0 Å². The third-order valence-corrected chi connectivity index (χ3v) is 2.25. The number of carbonyl (C=O) groups is 1. The van der Waals surface area contributed by atoms with Crippen LogP contribution in [-0.4, -0.2) is 23.6 Å². The Bertz CT molecular complexity index is 254. The molecule has 0 heterocycles. The van der Waals surface area contributed by atoms with Crippen LogP contribution in [0.5, 0.6) is 0 Å². The zero-order valence-electron chi connectivity index (χ0n) is 8.20. The SMILES string of the molecule is CCC(=O)N/C(C)=C\CP(C)(=O)O. The van der Waals surface area contributed by atoms with Crippen molar-refractivity contribution in [1.29, 1.82) is 0 Å². The summed E-state index contributed by atoms with van der Waals surface area (Å²) in [5.41, 5.74) is 0.628. The number of hydrogen-bond donors (Lipinski definition) is 2. The van der Waals surface area contributed by atoms with Crippen LogP contribution in [0.1, 0.15) is 20.3 Å². The summed E-state index contributed by atoms with van der Waals surface area (Å²) in [6.07, 6.45) is 2.07. The molecule has 0 aliphatic rings. The zero-order chi connectivity index (χ0) is 10.5. The van der Waals surface area contributed by atoms with Crippen molar-refractivity contribution in [3.63, 3.8) is 0 Å². The molecule has 0 aromatic carbocycles. The van der Waals surface area contributed by atoms with Crippen molar-refractivity contribution in [2.45, 2.75) is 20.3 Å². The highest BCUT2D eigenvalue weighted by atomic mass is 31.2. The van der Waals surface area contributed by atoms with E-state index < -0.39 is 7.37 Å². The highest BCUT2D eigenvalue weighted by Crippen LogP contribution is 2.34. The van der Waals surface area contributed by atoms with Gasteiger partial charge in [-0.05, 0) is 6.92 Å². The maximum Gasteiger partial charge on any atom is 0.223 e. The van der Waals surface area contributed by atoms with Crippen LogP contribution < -0.4 is 5.32 Å². The average Bonchev–Trinajstić information content (AvgIpc) is 1.99. The normalized spacial score (nSPS) is 16.5. The van der Waals surface area contributed by atoms with E-state index in [0.29, 0.717) is 12.1 Å². The van der Waals surface area contributed by atoms with Crippen molar-refractivity contribution in [1.82, 2.24) is 5.32 Å². The second-order valence-electron chi connectivity index (χ2n) is 3.02. The summed E-state index contributed by atoms with van der Waals surface area (Å²) >= 11 is 0. The molecular formula is C8H16NO3P. The minimum absolute atomic E-state index is 0.0855. The lowest BCUT2D eigenvalue weighted by Crippen LogP contribution is -2.19. The minimum atomic E-state index is -3.00. The fourth-order valence-electron chi connectivity index (χ4n) is 0.666. The van der Waals surface area contributed by atoms with Gasteiger partial charge < -0.3 is 10.2 Å². The van der Waals surface area contributed by atoms with Gasteiger partial charge in [0, 0.05) is 24.9 Å². The number of rotatable bonds is 4. The van der Waals surface area contributed by atoms with Gasteiger partial charge in [0.25, 0.3) is 0 Å². The van der Waals surface area contributed by atoms with Crippen molar-refractivity contribution in [2.75, 3.05) is 12.8 Å². The molecule has 0 saturated carbocycles. The molecule has 0 aromatic heterocycles. The Balaban J connectivity index is 4.04. The van der Waals surface area contributed by atoms with Crippen molar-refractivity contribution < 1.29 is 14.3 Å². The number of allylic oxidation sites excluding steroid dienone is 2. The van der Waals surface area contributed by atoms with Crippen molar-refractivity contribution in [2.24, 2.45) is 0 Å². The Labute approximate surface area is 78.5 Å². The number of amides is 1. The van der Waals surface area contributed by atoms with Gasteiger partial charge in [-0.25, -0.2) is 0 Å². The topological polar surface area (TPSA) is 66.4 Å². The molecule has 4 nitrogen and oxygen atoms in total. The van der Waals surface area contributed by atoms with Gasteiger partial charge in [-0.2, -0.15) is 0 Å². The summed E-state index contributed by atoms with van der Waals surface area (Å²) in [4.78, 5) is 19.8. The molecule has 0 radical (unpaired) electrons. The van der Waals surface area contributed by atoms with E-state index >= 15 is 0 Å². The second-order valence-corrected chi connectivity index (χ2v) is 5.49. The molecule has 1 atom stereocenters. The van der Waals surface area contributed by atoms with Crippen LogP contribution in [0.15, 0.2) is 11.8 Å². The predicted octanol–water partition coefficient (Wildman–Crippen LogP) is 1.32. The van der Waals surface area contributed by atoms with Crippen molar-refractivity contribution >= 4 is 13.3 Å². The maximum absolute atomic E-state index is 10.9. The summed E-state index contributed by atoms with van der Waals surface area (Å²) in [7, 11) is -3.00. The summed E-state index contributed by atoms with van der Waals surface area (Å²) < 4.78 is 10.9. The molecule has 0 rings (SSSR count). The Morgan fingerprint density at radius 1 is 1.62 bits per heavy atom. The molecule has 0 aliphatic carbocycles. The van der Waals surface area contributed by atoms with E-state index in [1.807, 2.05) is 0 Å². The van der Waals surface area contributed by atoms with Gasteiger partial charge in [0.05, 0.1) is 0 Å². The van der Waals surface area contributed by atoms with E-state index in [4.69, 9.17) is 4.89 Å². The van der Waals surface area contributed by atoms with Crippen LogP contribution >= 0.6 is 7.37 Å². The molecule has 0 spiro atoms. The van der Waals surface area contributed by atoms with E-state index in [0.717, 1.165) is 0 Å². The molecular weight excluding hydrogens is 189 g/mol. The van der Waals surface area contributed by atoms with E-state index in [1.165, 1.54) is 6.66 Å². The zero-order valence-corrected chi connectivity index (χ0v) is 9.10. The largest absolute Gasteiger partial charge is 0.344 e. The lowest BCUT2D eigenvalue weighted by molar-refractivity contribution is -0.120. The third-order valence-electron chi connectivity index (χ3n) is 1.39. The van der Waals surface area contributed by atoms with Gasteiger partial charge in [-0.1, -0.05) is 13.0 Å². The summed E-state index contributed by atoms with van der Waals surface area (Å²) in [5.74, 6) is -0.0855. The summed E-state index contributed by atoms with van der Waals surface area (Å²) in [6.45, 7) is 4.74. The molecule has 0 fully saturated rings.